The average Bonchev–Trinajstić information content (AvgIpc) is 1.36. The second kappa shape index (κ2) is 23.1. The van der Waals surface area contributed by atoms with E-state index in [0.717, 1.165) is 118 Å². The van der Waals surface area contributed by atoms with Gasteiger partial charge in [-0.3, -0.25) is 0 Å². The van der Waals surface area contributed by atoms with Gasteiger partial charge in [0.1, 0.15) is 5.82 Å². The van der Waals surface area contributed by atoms with E-state index in [1.54, 1.807) is 0 Å². The van der Waals surface area contributed by atoms with Crippen LogP contribution in [-0.2, 0) is 42.7 Å². The molecular formula is C82H76N5Pt-3. The van der Waals surface area contributed by atoms with Crippen molar-refractivity contribution in [3.8, 4) is 55.6 Å². The van der Waals surface area contributed by atoms with Crippen LogP contribution in [0.3, 0.4) is 0 Å². The molecule has 0 saturated heterocycles. The van der Waals surface area contributed by atoms with Crippen molar-refractivity contribution in [1.29, 1.82) is 0 Å². The zero-order valence-electron chi connectivity index (χ0n) is 57.3. The number of fused-ring (bicyclic) bond motifs is 6. The number of hydrogen-bond acceptors (Lipinski definition) is 5. The van der Waals surface area contributed by atoms with Crippen LogP contribution in [0.1, 0.15) is 112 Å². The van der Waals surface area contributed by atoms with Gasteiger partial charge in [-0.2, -0.15) is 6.07 Å². The third-order valence-corrected chi connectivity index (χ3v) is 16.9. The molecule has 0 N–H and O–H groups in total. The molecule has 442 valence electrons. The van der Waals surface area contributed by atoms with Gasteiger partial charge >= 0.3 is 0 Å². The summed E-state index contributed by atoms with van der Waals surface area (Å²) in [7, 11) is 0. The van der Waals surface area contributed by atoms with E-state index in [4.69, 9.17) is 9.10 Å². The Morgan fingerprint density at radius 1 is 0.409 bits per heavy atom. The van der Waals surface area contributed by atoms with Gasteiger partial charge in [-0.1, -0.05) is 257 Å². The van der Waals surface area contributed by atoms with Crippen molar-refractivity contribution >= 4 is 57.0 Å². The minimum absolute atomic E-state index is 0. The van der Waals surface area contributed by atoms with E-state index in [-0.39, 0.29) is 55.0 Å². The smallest absolute Gasteiger partial charge is 0.135 e. The fourth-order valence-corrected chi connectivity index (χ4v) is 12.0. The standard InChI is InChI=1S/C82H76N5.Pt/c1-79(2,3)59-42-43-83-77(51-59)87-73-37-25-24-36-69(73)67-34-22-23-35-68(67)70-41-40-64(53-76(70)87)86(63-32-20-15-21-33-63)66-47-57(55-28-16-13-17-29-55)46-65(52-66)84-54-85(75-39-27-26-38-74(75)84)78-71(56-30-18-14-19-31-56)49-62(82(10,11)12)50-72(78)58-44-60(80(4,5)6)48-61(45-58)81(7,8)9;/h13-51,54H,1-12H3;/q-3;/i14D,18D,19D,30D,31D;. The van der Waals surface area contributed by atoms with E-state index < -0.39 is 23.5 Å². The van der Waals surface area contributed by atoms with Crippen LogP contribution in [0.2, 0.25) is 0 Å². The number of benzene rings is 10. The number of aromatic nitrogens is 1. The minimum Gasteiger partial charge on any atom is -0.493 e. The summed E-state index contributed by atoms with van der Waals surface area (Å²) in [6.45, 7) is 28.7. The molecule has 6 heteroatoms. The molecular weight excluding hydrogens is 1250 g/mol. The Hall–Kier alpha value is -8.76. The molecule has 13 rings (SSSR count). The predicted molar refractivity (Wildman–Crippen MR) is 368 cm³/mol. The molecule has 5 nitrogen and oxygen atoms in total. The number of rotatable bonds is 9. The van der Waals surface area contributed by atoms with Gasteiger partial charge in [0.2, 0.25) is 0 Å². The summed E-state index contributed by atoms with van der Waals surface area (Å²) in [6, 6.07) is 77.0. The molecule has 0 radical (unpaired) electrons. The molecule has 2 aliphatic heterocycles. The molecule has 88 heavy (non-hydrogen) atoms. The molecule has 2 aliphatic rings. The third kappa shape index (κ3) is 11.3. The van der Waals surface area contributed by atoms with E-state index >= 15 is 0 Å². The second-order valence-electron chi connectivity index (χ2n) is 27.1. The molecule has 0 aliphatic carbocycles. The molecule has 0 bridgehead atoms. The van der Waals surface area contributed by atoms with Crippen LogP contribution < -0.4 is 19.6 Å². The van der Waals surface area contributed by atoms with Gasteiger partial charge in [0, 0.05) is 66.7 Å². The van der Waals surface area contributed by atoms with Gasteiger partial charge < -0.3 is 19.6 Å². The first-order valence-corrected chi connectivity index (χ1v) is 30.2. The van der Waals surface area contributed by atoms with Crippen LogP contribution in [0, 0.1) is 18.8 Å². The normalized spacial score (nSPS) is 13.8. The van der Waals surface area contributed by atoms with Gasteiger partial charge in [0.25, 0.3) is 0 Å². The van der Waals surface area contributed by atoms with Crippen LogP contribution in [0.15, 0.2) is 237 Å². The number of nitrogens with zero attached hydrogens (tertiary/aromatic N) is 5. The Morgan fingerprint density at radius 3 is 1.57 bits per heavy atom. The molecule has 0 unspecified atom stereocenters. The summed E-state index contributed by atoms with van der Waals surface area (Å²) >= 11 is 0. The van der Waals surface area contributed by atoms with Crippen LogP contribution >= 0.6 is 0 Å². The molecule has 10 aromatic carbocycles. The van der Waals surface area contributed by atoms with E-state index in [2.05, 4.69) is 297 Å². The maximum atomic E-state index is 9.69. The molecule has 1 aromatic heterocycles. The summed E-state index contributed by atoms with van der Waals surface area (Å²) in [4.78, 5) is 14.0. The molecule has 0 amide bonds. The monoisotopic (exact) mass is 1330 g/mol. The third-order valence-electron chi connectivity index (χ3n) is 16.9. The van der Waals surface area contributed by atoms with Gasteiger partial charge in [-0.15, -0.1) is 53.8 Å². The van der Waals surface area contributed by atoms with Crippen molar-refractivity contribution in [3.63, 3.8) is 0 Å². The minimum atomic E-state index is -0.442. The summed E-state index contributed by atoms with van der Waals surface area (Å²) in [6.07, 6.45) is 1.92. The van der Waals surface area contributed by atoms with Gasteiger partial charge in [0.05, 0.1) is 12.5 Å². The molecule has 0 spiro atoms. The largest absolute Gasteiger partial charge is 0.493 e. The summed E-state index contributed by atoms with van der Waals surface area (Å²) in [5.41, 5.74) is 19.5. The Kier molecular flexibility index (Phi) is 14.0. The quantitative estimate of drug-likeness (QED) is 0.134. The molecule has 0 saturated carbocycles. The van der Waals surface area contributed by atoms with Gasteiger partial charge in [0.15, 0.2) is 0 Å². The predicted octanol–water partition coefficient (Wildman–Crippen LogP) is 22.9. The van der Waals surface area contributed by atoms with Crippen LogP contribution in [0.25, 0.3) is 55.6 Å². The topological polar surface area (TPSA) is 25.9 Å². The average molecular weight is 1330 g/mol. The van der Waals surface area contributed by atoms with Gasteiger partial charge in [-0.05, 0) is 121 Å². The number of pyridine rings is 1. The first kappa shape index (κ1) is 53.5. The first-order chi connectivity index (χ1) is 43.7. The van der Waals surface area contributed by atoms with Crippen LogP contribution in [-0.4, -0.2) is 4.98 Å². The molecule has 3 heterocycles. The van der Waals surface area contributed by atoms with Crippen molar-refractivity contribution in [3.05, 3.63) is 278 Å². The SMILES string of the molecule is [2H]c1c([2H])c([2H])c(-c2cc(C(C)(C)C)cc(-c3cc(C(C)(C)C)cc(C(C)(C)C)c3)c2N2[CH-]N(c3[c-]c(N(c4[c-]c5c(cc4)-c4ccccc4-c4ccccc4N5c4cc(C(C)(C)C)ccn4)c4ccccc4)cc(-c4ccccc4)c3)c3ccccc32)c([2H])c1[2H].[Pt]. The van der Waals surface area contributed by atoms with Gasteiger partial charge in [-0.25, -0.2) is 4.98 Å². The summed E-state index contributed by atoms with van der Waals surface area (Å²) in [5, 5.41) is 0. The first-order valence-electron chi connectivity index (χ1n) is 32.7. The fraction of sp³-hybridized carbons (Fsp3) is 0.195. The molecule has 0 atom stereocenters. The number of anilines is 10. The van der Waals surface area contributed by atoms with Crippen molar-refractivity contribution in [1.82, 2.24) is 4.98 Å². The molecule has 0 fully saturated rings. The van der Waals surface area contributed by atoms with Crippen molar-refractivity contribution in [2.45, 2.75) is 105 Å². The van der Waals surface area contributed by atoms with E-state index in [0.29, 0.717) is 11.3 Å². The maximum absolute atomic E-state index is 9.69. The molecule has 11 aromatic rings. The van der Waals surface area contributed by atoms with Crippen LogP contribution in [0.5, 0.6) is 0 Å². The van der Waals surface area contributed by atoms with Crippen molar-refractivity contribution in [2.24, 2.45) is 0 Å². The van der Waals surface area contributed by atoms with Crippen molar-refractivity contribution in [2.75, 3.05) is 19.6 Å². The van der Waals surface area contributed by atoms with E-state index in [1.807, 2.05) is 30.5 Å². The summed E-state index contributed by atoms with van der Waals surface area (Å²) in [5.74, 6) is 0.786. The van der Waals surface area contributed by atoms with E-state index in [1.165, 1.54) is 0 Å². The summed E-state index contributed by atoms with van der Waals surface area (Å²) < 4.78 is 46.4. The van der Waals surface area contributed by atoms with Crippen molar-refractivity contribution < 1.29 is 27.9 Å². The zero-order valence-corrected chi connectivity index (χ0v) is 54.5. The maximum Gasteiger partial charge on any atom is 0.135 e. The Bertz CT molecular complexity index is 4630. The Labute approximate surface area is 544 Å². The van der Waals surface area contributed by atoms with Crippen LogP contribution in [0.4, 0.5) is 57.0 Å². The zero-order chi connectivity index (χ0) is 64.9. The number of hydrogen-bond donors (Lipinski definition) is 0. The van der Waals surface area contributed by atoms with E-state index in [9.17, 15) is 2.74 Å². The second-order valence-corrected chi connectivity index (χ2v) is 27.1. The Morgan fingerprint density at radius 2 is 0.943 bits per heavy atom. The Balaban J connectivity index is 0.00000832. The fourth-order valence-electron chi connectivity index (χ4n) is 12.0. The number of para-hydroxylation sites is 4.